The van der Waals surface area contributed by atoms with Crippen LogP contribution in [0.25, 0.3) is 33.5 Å². The minimum Gasteiger partial charge on any atom is -0.390 e. The Kier molecular flexibility index (Phi) is 6.30. The van der Waals surface area contributed by atoms with Gasteiger partial charge < -0.3 is 21.1 Å². The van der Waals surface area contributed by atoms with Gasteiger partial charge in [0.05, 0.1) is 22.7 Å². The first-order chi connectivity index (χ1) is 16.5. The fourth-order valence-electron chi connectivity index (χ4n) is 3.59. The molecule has 2 aromatic carbocycles. The summed E-state index contributed by atoms with van der Waals surface area (Å²) in [6.45, 7) is -0.663. The third-order valence-corrected chi connectivity index (χ3v) is 7.87. The summed E-state index contributed by atoms with van der Waals surface area (Å²) in [4.78, 5) is 2.93. The highest BCUT2D eigenvalue weighted by Gasteiger charge is 2.32. The summed E-state index contributed by atoms with van der Waals surface area (Å²) in [7, 11) is -7.46. The van der Waals surface area contributed by atoms with E-state index in [-0.39, 0.29) is 29.4 Å². The van der Waals surface area contributed by atoms with E-state index in [4.69, 9.17) is 16.6 Å². The highest BCUT2D eigenvalue weighted by atomic mass is 32.2. The average molecular weight is 523 g/mol. The zero-order chi connectivity index (χ0) is 25.5. The van der Waals surface area contributed by atoms with Gasteiger partial charge in [0.1, 0.15) is 9.79 Å². The fourth-order valence-corrected chi connectivity index (χ4v) is 6.26. The number of hydrogen-bond donors (Lipinski definition) is 6. The number of rotatable bonds is 8. The molecule has 0 amide bonds. The molecule has 186 valence electrons. The Morgan fingerprint density at radius 1 is 1.17 bits per heavy atom. The van der Waals surface area contributed by atoms with Crippen LogP contribution in [0.5, 0.6) is 0 Å². The maximum absolute atomic E-state index is 13.1. The summed E-state index contributed by atoms with van der Waals surface area (Å²) in [6, 6.07) is 7.59. The Bertz CT molecular complexity index is 1620. The lowest BCUT2D eigenvalue weighted by Crippen LogP contribution is -2.36. The maximum Gasteiger partial charge on any atom is 0.242 e. The van der Waals surface area contributed by atoms with Gasteiger partial charge in [-0.25, -0.2) is 31.7 Å². The summed E-state index contributed by atoms with van der Waals surface area (Å²) in [5, 5.41) is 28.6. The Labute approximate surface area is 199 Å². The van der Waals surface area contributed by atoms with E-state index in [1.54, 1.807) is 29.8 Å². The lowest BCUT2D eigenvalue weighted by atomic mass is 9.98. The van der Waals surface area contributed by atoms with E-state index in [1.807, 2.05) is 0 Å². The number of nitrogens with zero attached hydrogens (tertiary/aromatic N) is 5. The zero-order valence-corrected chi connectivity index (χ0v) is 19.9. The second-order valence-corrected chi connectivity index (χ2v) is 10.8. The molecular weight excluding hydrogens is 500 g/mol. The van der Waals surface area contributed by atoms with E-state index in [1.165, 1.54) is 6.07 Å². The second kappa shape index (κ2) is 8.95. The largest absolute Gasteiger partial charge is 0.390 e. The van der Waals surface area contributed by atoms with Crippen molar-refractivity contribution in [2.75, 3.05) is 18.8 Å². The normalized spacial score (nSPS) is 13.4. The molecule has 4 rings (SSSR count). The number of anilines is 1. The molecule has 9 N–H and O–H groups in total. The number of imidazole rings is 1. The van der Waals surface area contributed by atoms with Crippen LogP contribution in [-0.4, -0.2) is 71.3 Å². The molecule has 0 saturated heterocycles. The van der Waals surface area contributed by atoms with Gasteiger partial charge in [-0.05, 0) is 22.9 Å². The summed E-state index contributed by atoms with van der Waals surface area (Å²) in [5.74, 6) is -0.00827. The van der Waals surface area contributed by atoms with Crippen molar-refractivity contribution in [1.29, 1.82) is 0 Å². The molecule has 0 aliphatic carbocycles. The molecule has 0 unspecified atom stereocenters. The minimum absolute atomic E-state index is 0.208. The number of aliphatic hydroxyl groups excluding tert-OH is 1. The van der Waals surface area contributed by atoms with E-state index in [0.29, 0.717) is 16.6 Å². The standard InChI is InChI=1S/C18H22N10O5S2/c1-28-12-4-2-3-11(15(12)23-18(28)20)10-5-6-13(35(32,33)22-8-9(29)7-19)16(34(21,30)31)14(10)17-24-26-27-25-17/h2-6,9,22,29H,7-8,19H2,1H3,(H2,20,23)(H2,21,30,31)(H,24,25,26,27)/t9-/m1/s1. The quantitative estimate of drug-likeness (QED) is 0.151. The Balaban J connectivity index is 2.08. The summed E-state index contributed by atoms with van der Waals surface area (Å²) in [6.07, 6.45) is -1.19. The van der Waals surface area contributed by atoms with Crippen LogP contribution in [0.4, 0.5) is 5.95 Å². The van der Waals surface area contributed by atoms with E-state index in [9.17, 15) is 21.9 Å². The van der Waals surface area contributed by atoms with Gasteiger partial charge in [-0.15, -0.1) is 10.2 Å². The van der Waals surface area contributed by atoms with Crippen LogP contribution in [0.1, 0.15) is 0 Å². The summed E-state index contributed by atoms with van der Waals surface area (Å²) >= 11 is 0. The number of benzene rings is 2. The molecule has 0 saturated carbocycles. The molecule has 2 heterocycles. The highest BCUT2D eigenvalue weighted by Crippen LogP contribution is 2.40. The molecule has 17 heteroatoms. The van der Waals surface area contributed by atoms with E-state index in [2.05, 4.69) is 30.3 Å². The van der Waals surface area contributed by atoms with Crippen molar-refractivity contribution < 1.29 is 21.9 Å². The van der Waals surface area contributed by atoms with E-state index >= 15 is 0 Å². The first kappa shape index (κ1) is 24.6. The number of nitrogens with one attached hydrogen (secondary N) is 2. The van der Waals surface area contributed by atoms with Crippen molar-refractivity contribution in [1.82, 2.24) is 34.9 Å². The third kappa shape index (κ3) is 4.47. The lowest BCUT2D eigenvalue weighted by Gasteiger charge is -2.17. The predicted molar refractivity (Wildman–Crippen MR) is 125 cm³/mol. The monoisotopic (exact) mass is 522 g/mol. The van der Waals surface area contributed by atoms with Gasteiger partial charge in [0, 0.05) is 25.7 Å². The number of tetrazole rings is 1. The molecule has 1 atom stereocenters. The predicted octanol–water partition coefficient (Wildman–Crippen LogP) is -1.75. The molecule has 0 radical (unpaired) electrons. The topological polar surface area (TPSA) is 251 Å². The van der Waals surface area contributed by atoms with Crippen LogP contribution in [0.3, 0.4) is 0 Å². The number of nitrogen functional groups attached to an aromatic ring is 1. The molecule has 4 aromatic rings. The Morgan fingerprint density at radius 3 is 2.54 bits per heavy atom. The number of aliphatic hydroxyl groups is 1. The number of aryl methyl sites for hydroxylation is 1. The van der Waals surface area contributed by atoms with E-state index < -0.39 is 42.5 Å². The molecule has 0 bridgehead atoms. The minimum atomic E-state index is -4.68. The van der Waals surface area contributed by atoms with Gasteiger partial charge in [-0.1, -0.05) is 18.2 Å². The molecular formula is C18H22N10O5S2. The number of H-pyrrole nitrogens is 1. The summed E-state index contributed by atoms with van der Waals surface area (Å²) < 4.78 is 55.5. The van der Waals surface area contributed by atoms with Crippen molar-refractivity contribution in [3.05, 3.63) is 30.3 Å². The van der Waals surface area contributed by atoms with Crippen molar-refractivity contribution in [2.45, 2.75) is 15.9 Å². The second-order valence-electron chi connectivity index (χ2n) is 7.54. The van der Waals surface area contributed by atoms with Crippen LogP contribution in [0.15, 0.2) is 40.1 Å². The van der Waals surface area contributed by atoms with Crippen LogP contribution in [0.2, 0.25) is 0 Å². The lowest BCUT2D eigenvalue weighted by molar-refractivity contribution is 0.186. The first-order valence-electron chi connectivity index (χ1n) is 9.98. The number of primary sulfonamides is 1. The first-order valence-corrected chi connectivity index (χ1v) is 13.0. The van der Waals surface area contributed by atoms with Crippen molar-refractivity contribution in [3.63, 3.8) is 0 Å². The van der Waals surface area contributed by atoms with E-state index in [0.717, 1.165) is 6.07 Å². The highest BCUT2D eigenvalue weighted by molar-refractivity contribution is 7.92. The SMILES string of the molecule is Cn1c(N)nc2c(-c3ccc(S(=O)(=O)NC[C@H](O)CN)c(S(N)(=O)=O)c3-c3nn[nH]n3)cccc21. The third-order valence-electron chi connectivity index (χ3n) is 5.28. The van der Waals surface area contributed by atoms with Crippen molar-refractivity contribution in [2.24, 2.45) is 17.9 Å². The Morgan fingerprint density at radius 2 is 1.91 bits per heavy atom. The number of para-hydroxylation sites is 1. The number of hydrogen-bond acceptors (Lipinski definition) is 11. The molecule has 15 nitrogen and oxygen atoms in total. The van der Waals surface area contributed by atoms with Gasteiger partial charge in [0.25, 0.3) is 0 Å². The number of aromatic nitrogens is 6. The van der Waals surface area contributed by atoms with Crippen LogP contribution in [-0.2, 0) is 27.1 Å². The molecule has 0 fully saturated rings. The van der Waals surface area contributed by atoms with Crippen LogP contribution >= 0.6 is 0 Å². The Hall–Kier alpha value is -3.48. The summed E-state index contributed by atoms with van der Waals surface area (Å²) in [5.41, 5.74) is 12.8. The van der Waals surface area contributed by atoms with Crippen LogP contribution < -0.4 is 21.3 Å². The smallest absolute Gasteiger partial charge is 0.242 e. The maximum atomic E-state index is 13.1. The van der Waals surface area contributed by atoms with Crippen molar-refractivity contribution >= 4 is 37.0 Å². The van der Waals surface area contributed by atoms with Crippen molar-refractivity contribution in [3.8, 4) is 22.5 Å². The van der Waals surface area contributed by atoms with Gasteiger partial charge in [0.2, 0.25) is 31.8 Å². The number of nitrogens with two attached hydrogens (primary N) is 3. The van der Waals surface area contributed by atoms with Gasteiger partial charge in [0.15, 0.2) is 0 Å². The zero-order valence-electron chi connectivity index (χ0n) is 18.2. The molecule has 0 spiro atoms. The molecule has 2 aromatic heterocycles. The van der Waals surface area contributed by atoms with Gasteiger partial charge in [-0.3, -0.25) is 0 Å². The van der Waals surface area contributed by atoms with Gasteiger partial charge in [-0.2, -0.15) is 5.21 Å². The molecule has 0 aliphatic heterocycles. The number of fused-ring (bicyclic) bond motifs is 1. The average Bonchev–Trinajstić information content (AvgIpc) is 3.44. The number of aromatic amines is 1. The molecule has 35 heavy (non-hydrogen) atoms. The van der Waals surface area contributed by atoms with Crippen LogP contribution in [0, 0.1) is 0 Å². The fraction of sp³-hybridized carbons (Fsp3) is 0.222. The van der Waals surface area contributed by atoms with Gasteiger partial charge >= 0.3 is 0 Å². The molecule has 0 aliphatic rings. The number of sulfonamides is 2.